The fraction of sp³-hybridized carbons (Fsp3) is 0.308. The molecule has 172 valence electrons. The first kappa shape index (κ1) is 22.9. The van der Waals surface area contributed by atoms with Crippen molar-refractivity contribution in [3.05, 3.63) is 108 Å². The highest BCUT2D eigenvalue weighted by Gasteiger charge is 2.43. The van der Waals surface area contributed by atoms with Gasteiger partial charge in [-0.1, -0.05) is 74.5 Å². The standard InChI is InChI=1S/C26H30N4O3/c1-21(2)26(31,24-27-13-15-29(24)19-32-17-22-9-5-3-6-10-22)25-28-14-16-30(25)20-33-18-23-11-7-4-8-12-23/h3-16,21,31H,17-20H2,1-2H3. The smallest absolute Gasteiger partial charge is 0.182 e. The minimum absolute atomic E-state index is 0.192. The maximum atomic E-state index is 11.9. The Hall–Kier alpha value is -3.26. The molecule has 0 saturated carbocycles. The van der Waals surface area contributed by atoms with E-state index in [1.807, 2.05) is 96.0 Å². The van der Waals surface area contributed by atoms with Crippen molar-refractivity contribution in [1.82, 2.24) is 19.1 Å². The first-order valence-electron chi connectivity index (χ1n) is 11.1. The molecule has 0 saturated heterocycles. The molecule has 0 aliphatic carbocycles. The highest BCUT2D eigenvalue weighted by molar-refractivity contribution is 5.21. The first-order chi connectivity index (χ1) is 16.1. The Balaban J connectivity index is 1.50. The number of ether oxygens (including phenoxy) is 2. The second-order valence-electron chi connectivity index (χ2n) is 8.29. The van der Waals surface area contributed by atoms with Gasteiger partial charge in [-0.05, 0) is 17.0 Å². The molecule has 4 aromatic rings. The van der Waals surface area contributed by atoms with Gasteiger partial charge in [-0.2, -0.15) is 0 Å². The van der Waals surface area contributed by atoms with Crippen molar-refractivity contribution in [3.8, 4) is 0 Å². The van der Waals surface area contributed by atoms with E-state index in [0.29, 0.717) is 24.9 Å². The molecule has 1 N–H and O–H groups in total. The monoisotopic (exact) mass is 446 g/mol. The van der Waals surface area contributed by atoms with Crippen molar-refractivity contribution in [1.29, 1.82) is 0 Å². The van der Waals surface area contributed by atoms with Gasteiger partial charge >= 0.3 is 0 Å². The molecule has 0 aliphatic rings. The minimum Gasteiger partial charge on any atom is -0.374 e. The lowest BCUT2D eigenvalue weighted by Gasteiger charge is -2.32. The van der Waals surface area contributed by atoms with Crippen LogP contribution in [0.5, 0.6) is 0 Å². The topological polar surface area (TPSA) is 74.3 Å². The Morgan fingerprint density at radius 1 is 0.758 bits per heavy atom. The molecular weight excluding hydrogens is 416 g/mol. The van der Waals surface area contributed by atoms with Crippen molar-refractivity contribution in [3.63, 3.8) is 0 Å². The van der Waals surface area contributed by atoms with Crippen LogP contribution in [0.4, 0.5) is 0 Å². The molecule has 0 bridgehead atoms. The number of rotatable bonds is 11. The molecule has 2 heterocycles. The Bertz CT molecular complexity index is 1040. The Kier molecular flexibility index (Phi) is 7.34. The van der Waals surface area contributed by atoms with Crippen LogP contribution in [0.25, 0.3) is 0 Å². The molecule has 0 radical (unpaired) electrons. The van der Waals surface area contributed by atoms with Crippen molar-refractivity contribution in [2.24, 2.45) is 5.92 Å². The molecular formula is C26H30N4O3. The van der Waals surface area contributed by atoms with E-state index in [0.717, 1.165) is 11.1 Å². The Morgan fingerprint density at radius 2 is 1.18 bits per heavy atom. The molecule has 7 heteroatoms. The summed E-state index contributed by atoms with van der Waals surface area (Å²) in [5.41, 5.74) is 0.757. The third kappa shape index (κ3) is 5.22. The summed E-state index contributed by atoms with van der Waals surface area (Å²) in [6.45, 7) is 5.39. The normalized spacial score (nSPS) is 11.9. The third-order valence-electron chi connectivity index (χ3n) is 5.63. The largest absolute Gasteiger partial charge is 0.374 e. The molecule has 0 fully saturated rings. The second kappa shape index (κ2) is 10.6. The summed E-state index contributed by atoms with van der Waals surface area (Å²) in [6, 6.07) is 20.0. The number of benzene rings is 2. The number of hydrogen-bond donors (Lipinski definition) is 1. The predicted molar refractivity (Wildman–Crippen MR) is 125 cm³/mol. The quantitative estimate of drug-likeness (QED) is 0.371. The molecule has 0 atom stereocenters. The highest BCUT2D eigenvalue weighted by Crippen LogP contribution is 2.35. The fourth-order valence-corrected chi connectivity index (χ4v) is 3.79. The van der Waals surface area contributed by atoms with Gasteiger partial charge < -0.3 is 23.7 Å². The fourth-order valence-electron chi connectivity index (χ4n) is 3.79. The van der Waals surface area contributed by atoms with E-state index in [2.05, 4.69) is 9.97 Å². The van der Waals surface area contributed by atoms with Crippen molar-refractivity contribution < 1.29 is 14.6 Å². The predicted octanol–water partition coefficient (Wildman–Crippen LogP) is 4.32. The van der Waals surface area contributed by atoms with E-state index < -0.39 is 5.60 Å². The van der Waals surface area contributed by atoms with Gasteiger partial charge in [0, 0.05) is 24.8 Å². The summed E-state index contributed by atoms with van der Waals surface area (Å²) in [6.07, 6.45) is 6.97. The first-order valence-corrected chi connectivity index (χ1v) is 11.1. The molecule has 0 spiro atoms. The molecule has 33 heavy (non-hydrogen) atoms. The van der Waals surface area contributed by atoms with Crippen LogP contribution >= 0.6 is 0 Å². The zero-order valence-corrected chi connectivity index (χ0v) is 19.0. The highest BCUT2D eigenvalue weighted by atomic mass is 16.5. The third-order valence-corrected chi connectivity index (χ3v) is 5.63. The summed E-state index contributed by atoms with van der Waals surface area (Å²) in [7, 11) is 0. The van der Waals surface area contributed by atoms with Crippen molar-refractivity contribution in [2.45, 2.75) is 46.1 Å². The maximum Gasteiger partial charge on any atom is 0.182 e. The average molecular weight is 447 g/mol. The summed E-state index contributed by atoms with van der Waals surface area (Å²) in [4.78, 5) is 9.00. The zero-order valence-electron chi connectivity index (χ0n) is 19.0. The number of aromatic nitrogens is 4. The van der Waals surface area contributed by atoms with Crippen LogP contribution in [0.1, 0.15) is 36.6 Å². The van der Waals surface area contributed by atoms with E-state index in [1.54, 1.807) is 12.4 Å². The van der Waals surface area contributed by atoms with Gasteiger partial charge in [0.05, 0.1) is 13.2 Å². The summed E-state index contributed by atoms with van der Waals surface area (Å²) >= 11 is 0. The van der Waals surface area contributed by atoms with Crippen molar-refractivity contribution in [2.75, 3.05) is 0 Å². The van der Waals surface area contributed by atoms with E-state index in [9.17, 15) is 5.11 Å². The molecule has 7 nitrogen and oxygen atoms in total. The van der Waals surface area contributed by atoms with Crippen LogP contribution in [0.15, 0.2) is 85.5 Å². The van der Waals surface area contributed by atoms with Gasteiger partial charge in [0.15, 0.2) is 17.2 Å². The zero-order chi connectivity index (χ0) is 23.1. The summed E-state index contributed by atoms with van der Waals surface area (Å²) in [5.74, 6) is 0.783. The molecule has 2 aromatic carbocycles. The van der Waals surface area contributed by atoms with Crippen LogP contribution in [-0.4, -0.2) is 24.2 Å². The van der Waals surface area contributed by atoms with Gasteiger partial charge in [-0.3, -0.25) is 0 Å². The van der Waals surface area contributed by atoms with E-state index >= 15 is 0 Å². The van der Waals surface area contributed by atoms with Crippen LogP contribution in [0.3, 0.4) is 0 Å². The maximum absolute atomic E-state index is 11.9. The van der Waals surface area contributed by atoms with Gasteiger partial charge in [-0.15, -0.1) is 0 Å². The second-order valence-corrected chi connectivity index (χ2v) is 8.29. The number of nitrogens with zero attached hydrogens (tertiary/aromatic N) is 4. The molecule has 0 amide bonds. The van der Waals surface area contributed by atoms with Crippen LogP contribution in [-0.2, 0) is 41.8 Å². The van der Waals surface area contributed by atoms with E-state index in [1.165, 1.54) is 0 Å². The molecule has 0 unspecified atom stereocenters. The van der Waals surface area contributed by atoms with Crippen LogP contribution < -0.4 is 0 Å². The SMILES string of the molecule is CC(C)C(O)(c1nccn1COCc1ccccc1)c1nccn1COCc1ccccc1. The Labute approximate surface area is 194 Å². The average Bonchev–Trinajstić information content (AvgIpc) is 3.50. The van der Waals surface area contributed by atoms with Crippen molar-refractivity contribution >= 4 is 0 Å². The summed E-state index contributed by atoms with van der Waals surface area (Å²) in [5, 5.41) is 11.9. The summed E-state index contributed by atoms with van der Waals surface area (Å²) < 4.78 is 15.5. The van der Waals surface area contributed by atoms with Gasteiger partial charge in [-0.25, -0.2) is 9.97 Å². The lowest BCUT2D eigenvalue weighted by atomic mass is 9.88. The Morgan fingerprint density at radius 3 is 1.58 bits per heavy atom. The minimum atomic E-state index is -1.42. The van der Waals surface area contributed by atoms with E-state index in [4.69, 9.17) is 9.47 Å². The molecule has 2 aromatic heterocycles. The molecule has 0 aliphatic heterocycles. The van der Waals surface area contributed by atoms with Gasteiger partial charge in [0.25, 0.3) is 0 Å². The van der Waals surface area contributed by atoms with Gasteiger partial charge in [0.2, 0.25) is 0 Å². The number of hydrogen-bond acceptors (Lipinski definition) is 5. The number of imidazole rings is 2. The van der Waals surface area contributed by atoms with Crippen LogP contribution in [0.2, 0.25) is 0 Å². The van der Waals surface area contributed by atoms with E-state index in [-0.39, 0.29) is 19.4 Å². The molecule has 4 rings (SSSR count). The van der Waals surface area contributed by atoms with Crippen LogP contribution in [0, 0.1) is 5.92 Å². The van der Waals surface area contributed by atoms with Gasteiger partial charge in [0.1, 0.15) is 13.5 Å². The number of aliphatic hydroxyl groups is 1. The lowest BCUT2D eigenvalue weighted by Crippen LogP contribution is -2.39. The lowest BCUT2D eigenvalue weighted by molar-refractivity contribution is -0.0138.